The van der Waals surface area contributed by atoms with Crippen molar-refractivity contribution in [1.82, 2.24) is 8.61 Å². The van der Waals surface area contributed by atoms with Crippen molar-refractivity contribution in [2.45, 2.75) is 45.1 Å². The van der Waals surface area contributed by atoms with Crippen molar-refractivity contribution in [3.63, 3.8) is 0 Å². The predicted molar refractivity (Wildman–Crippen MR) is 80.0 cm³/mol. The molecule has 0 amide bonds. The number of hydrogen-bond acceptors (Lipinski definition) is 3. The van der Waals surface area contributed by atoms with E-state index in [9.17, 15) is 8.42 Å². The monoisotopic (exact) mass is 305 g/mol. The average Bonchev–Trinajstić information content (AvgIpc) is 3.13. The molecule has 1 saturated carbocycles. The molecule has 1 heterocycles. The van der Waals surface area contributed by atoms with Gasteiger partial charge in [-0.3, -0.25) is 0 Å². The zero-order valence-corrected chi connectivity index (χ0v) is 13.0. The molecule has 2 aliphatic rings. The van der Waals surface area contributed by atoms with Gasteiger partial charge in [0.05, 0.1) is 4.99 Å². The molecule has 0 aromatic rings. The highest BCUT2D eigenvalue weighted by Crippen LogP contribution is 2.32. The number of nitrogens with zero attached hydrogens (tertiary/aromatic N) is 2. The molecular formula is C12H23N3O2S2. The fraction of sp³-hybridized carbons (Fsp3) is 0.917. The fourth-order valence-corrected chi connectivity index (χ4v) is 4.40. The van der Waals surface area contributed by atoms with Crippen LogP contribution in [0.2, 0.25) is 0 Å². The van der Waals surface area contributed by atoms with E-state index >= 15 is 0 Å². The first-order valence-electron chi connectivity index (χ1n) is 6.96. The van der Waals surface area contributed by atoms with Crippen molar-refractivity contribution < 1.29 is 8.42 Å². The van der Waals surface area contributed by atoms with E-state index in [0.29, 0.717) is 37.0 Å². The number of piperidine rings is 1. The van der Waals surface area contributed by atoms with Gasteiger partial charge in [0.25, 0.3) is 10.2 Å². The topological polar surface area (TPSA) is 66.6 Å². The molecule has 0 aromatic heterocycles. The second kappa shape index (κ2) is 6.03. The zero-order valence-electron chi connectivity index (χ0n) is 11.4. The van der Waals surface area contributed by atoms with E-state index in [1.807, 2.05) is 0 Å². The van der Waals surface area contributed by atoms with Crippen molar-refractivity contribution >= 4 is 27.4 Å². The molecule has 1 saturated heterocycles. The highest BCUT2D eigenvalue weighted by atomic mass is 32.2. The minimum absolute atomic E-state index is 0.165. The summed E-state index contributed by atoms with van der Waals surface area (Å²) in [7, 11) is -3.33. The molecule has 7 heteroatoms. The molecule has 2 rings (SSSR count). The van der Waals surface area contributed by atoms with Crippen LogP contribution in [0.15, 0.2) is 0 Å². The molecule has 0 spiro atoms. The highest BCUT2D eigenvalue weighted by Gasteiger charge is 2.40. The predicted octanol–water partition coefficient (Wildman–Crippen LogP) is 1.10. The van der Waals surface area contributed by atoms with Crippen LogP contribution < -0.4 is 5.73 Å². The summed E-state index contributed by atoms with van der Waals surface area (Å²) >= 11 is 4.86. The van der Waals surface area contributed by atoms with Crippen molar-refractivity contribution in [2.75, 3.05) is 19.6 Å². The molecule has 5 nitrogen and oxygen atoms in total. The number of nitrogens with two attached hydrogens (primary N) is 1. The molecule has 0 radical (unpaired) electrons. The zero-order chi connectivity index (χ0) is 14.0. The lowest BCUT2D eigenvalue weighted by molar-refractivity contribution is 0.263. The first-order valence-corrected chi connectivity index (χ1v) is 8.77. The van der Waals surface area contributed by atoms with Crippen LogP contribution in [-0.2, 0) is 10.2 Å². The maximum atomic E-state index is 12.7. The van der Waals surface area contributed by atoms with E-state index in [1.54, 1.807) is 8.61 Å². The van der Waals surface area contributed by atoms with Gasteiger partial charge in [0.2, 0.25) is 0 Å². The quantitative estimate of drug-likeness (QED) is 0.746. The van der Waals surface area contributed by atoms with Gasteiger partial charge in [-0.05, 0) is 31.6 Å². The fourth-order valence-electron chi connectivity index (χ4n) is 2.43. The maximum absolute atomic E-state index is 12.7. The van der Waals surface area contributed by atoms with Gasteiger partial charge in [-0.1, -0.05) is 19.1 Å². The molecule has 1 aliphatic heterocycles. The number of hydrogen-bond donors (Lipinski definition) is 1. The van der Waals surface area contributed by atoms with Crippen LogP contribution in [0.25, 0.3) is 0 Å². The standard InChI is InChI=1S/C12H23N3O2S2/c1-10-4-7-14(8-5-10)19(16,17)15(11-2-3-11)9-6-12(13)18/h10-11H,2-9H2,1H3,(H2,13,18). The summed E-state index contributed by atoms with van der Waals surface area (Å²) < 4.78 is 28.6. The van der Waals surface area contributed by atoms with E-state index in [2.05, 4.69) is 6.92 Å². The smallest absolute Gasteiger partial charge is 0.282 e. The molecule has 2 fully saturated rings. The Bertz CT molecular complexity index is 426. The van der Waals surface area contributed by atoms with Gasteiger partial charge in [0, 0.05) is 32.1 Å². The summed E-state index contributed by atoms with van der Waals surface area (Å²) in [4.78, 5) is 0.383. The summed E-state index contributed by atoms with van der Waals surface area (Å²) in [6.45, 7) is 3.88. The Hall–Kier alpha value is -0.240. The number of rotatable bonds is 6. The Labute approximate surface area is 121 Å². The van der Waals surface area contributed by atoms with E-state index in [-0.39, 0.29) is 6.04 Å². The molecule has 110 valence electrons. The summed E-state index contributed by atoms with van der Waals surface area (Å²) in [6, 6.07) is 0.165. The Kier molecular flexibility index (Phi) is 4.81. The molecule has 0 unspecified atom stereocenters. The van der Waals surface area contributed by atoms with E-state index < -0.39 is 10.2 Å². The lowest BCUT2D eigenvalue weighted by Crippen LogP contribution is -2.48. The minimum Gasteiger partial charge on any atom is -0.393 e. The van der Waals surface area contributed by atoms with Crippen LogP contribution in [0, 0.1) is 5.92 Å². The van der Waals surface area contributed by atoms with Crippen LogP contribution in [0.5, 0.6) is 0 Å². The van der Waals surface area contributed by atoms with Gasteiger partial charge in [0.1, 0.15) is 0 Å². The molecule has 0 bridgehead atoms. The summed E-state index contributed by atoms with van der Waals surface area (Å²) in [5, 5.41) is 0. The largest absolute Gasteiger partial charge is 0.393 e. The molecule has 19 heavy (non-hydrogen) atoms. The van der Waals surface area contributed by atoms with Gasteiger partial charge in [-0.25, -0.2) is 0 Å². The molecular weight excluding hydrogens is 282 g/mol. The van der Waals surface area contributed by atoms with Crippen molar-refractivity contribution in [2.24, 2.45) is 11.7 Å². The first kappa shape index (κ1) is 15.2. The second-order valence-electron chi connectivity index (χ2n) is 5.65. The second-order valence-corrected chi connectivity index (χ2v) is 8.05. The lowest BCUT2D eigenvalue weighted by Gasteiger charge is -2.34. The Morgan fingerprint density at radius 1 is 1.32 bits per heavy atom. The van der Waals surface area contributed by atoms with E-state index in [1.165, 1.54) is 0 Å². The van der Waals surface area contributed by atoms with Gasteiger partial charge >= 0.3 is 0 Å². The lowest BCUT2D eigenvalue weighted by atomic mass is 10.0. The molecule has 2 N–H and O–H groups in total. The normalized spacial score (nSPS) is 22.8. The van der Waals surface area contributed by atoms with Crippen molar-refractivity contribution in [1.29, 1.82) is 0 Å². The summed E-state index contributed by atoms with van der Waals surface area (Å²) in [5.41, 5.74) is 5.50. The summed E-state index contributed by atoms with van der Waals surface area (Å²) in [6.07, 6.45) is 4.29. The molecule has 0 aromatic carbocycles. The SMILES string of the molecule is CC1CCN(S(=O)(=O)N(CCC(N)=S)C2CC2)CC1. The van der Waals surface area contributed by atoms with Crippen LogP contribution in [0.1, 0.15) is 39.0 Å². The van der Waals surface area contributed by atoms with Gasteiger partial charge < -0.3 is 5.73 Å². The van der Waals surface area contributed by atoms with Crippen LogP contribution in [-0.4, -0.2) is 47.7 Å². The minimum atomic E-state index is -3.33. The third kappa shape index (κ3) is 3.87. The summed E-state index contributed by atoms with van der Waals surface area (Å²) in [5.74, 6) is 0.623. The van der Waals surface area contributed by atoms with Crippen LogP contribution in [0.4, 0.5) is 0 Å². The van der Waals surface area contributed by atoms with Crippen molar-refractivity contribution in [3.8, 4) is 0 Å². The van der Waals surface area contributed by atoms with Gasteiger partial charge in [-0.15, -0.1) is 0 Å². The van der Waals surface area contributed by atoms with Crippen molar-refractivity contribution in [3.05, 3.63) is 0 Å². The van der Waals surface area contributed by atoms with E-state index in [4.69, 9.17) is 18.0 Å². The van der Waals surface area contributed by atoms with Crippen LogP contribution in [0.3, 0.4) is 0 Å². The Morgan fingerprint density at radius 2 is 1.89 bits per heavy atom. The molecule has 1 aliphatic carbocycles. The Balaban J connectivity index is 2.04. The third-order valence-corrected chi connectivity index (χ3v) is 6.19. The van der Waals surface area contributed by atoms with Crippen LogP contribution >= 0.6 is 12.2 Å². The maximum Gasteiger partial charge on any atom is 0.282 e. The van der Waals surface area contributed by atoms with Gasteiger partial charge in [-0.2, -0.15) is 17.0 Å². The number of thiocarbonyl (C=S) groups is 1. The average molecular weight is 305 g/mol. The van der Waals surface area contributed by atoms with E-state index in [0.717, 1.165) is 25.7 Å². The highest BCUT2D eigenvalue weighted by molar-refractivity contribution is 7.86. The molecule has 0 atom stereocenters. The third-order valence-electron chi connectivity index (χ3n) is 3.90. The first-order chi connectivity index (χ1) is 8.91. The van der Waals surface area contributed by atoms with Gasteiger partial charge in [0.15, 0.2) is 0 Å². The Morgan fingerprint density at radius 3 is 2.37 bits per heavy atom.